The normalized spacial score (nSPS) is 58.0. The summed E-state index contributed by atoms with van der Waals surface area (Å²) >= 11 is 0. The van der Waals surface area contributed by atoms with Crippen molar-refractivity contribution in [3.63, 3.8) is 0 Å². The van der Waals surface area contributed by atoms with Crippen molar-refractivity contribution in [3.8, 4) is 0 Å². The van der Waals surface area contributed by atoms with E-state index in [1.165, 1.54) is 14.2 Å². The quantitative estimate of drug-likeness (QED) is 0.0874. The fraction of sp³-hybridized carbons (Fsp3) is 0.965. The van der Waals surface area contributed by atoms with Gasteiger partial charge in [-0.25, -0.2) is 0 Å². The first-order chi connectivity index (χ1) is 38.7. The number of aliphatic hydroxyl groups excluding tert-OH is 16. The van der Waals surface area contributed by atoms with Crippen molar-refractivity contribution in [2.45, 2.75) is 261 Å². The molecule has 5 heterocycles. The second-order valence-electron chi connectivity index (χ2n) is 26.5. The minimum absolute atomic E-state index is 0.0562. The van der Waals surface area contributed by atoms with Crippen molar-refractivity contribution in [1.82, 2.24) is 0 Å². The van der Waals surface area contributed by atoms with Crippen molar-refractivity contribution >= 4 is 0 Å². The smallest absolute Gasteiger partial charge is 0.187 e. The van der Waals surface area contributed by atoms with Crippen LogP contribution < -0.4 is 0 Å². The lowest BCUT2D eigenvalue weighted by Crippen LogP contribution is -2.69. The molecule has 5 saturated heterocycles. The number of methoxy groups -OCH3 is 2. The van der Waals surface area contributed by atoms with Crippen LogP contribution in [0.1, 0.15) is 89.9 Å². The van der Waals surface area contributed by atoms with Gasteiger partial charge in [-0.3, -0.25) is 0 Å². The van der Waals surface area contributed by atoms with Gasteiger partial charge in [0.25, 0.3) is 0 Å². The molecule has 5 aliphatic heterocycles. The average Bonchev–Trinajstić information content (AvgIpc) is 3.63. The summed E-state index contributed by atoms with van der Waals surface area (Å²) in [6, 6.07) is 0. The Labute approximate surface area is 471 Å². The first kappa shape index (κ1) is 61.4. The molecule has 16 N–H and O–H groups in total. The van der Waals surface area contributed by atoms with E-state index in [1.807, 2.05) is 0 Å². The van der Waals surface area contributed by atoms with Gasteiger partial charge in [-0.15, -0.1) is 0 Å². The molecule has 6 aliphatic carbocycles. The summed E-state index contributed by atoms with van der Waals surface area (Å²) in [5.74, 6) is -6.71. The molecule has 0 aromatic carbocycles. The second-order valence-corrected chi connectivity index (χ2v) is 26.5. The molecule has 0 radical (unpaired) electrons. The molecule has 0 aromatic rings. The van der Waals surface area contributed by atoms with Gasteiger partial charge in [-0.2, -0.15) is 0 Å². The van der Waals surface area contributed by atoms with Gasteiger partial charge in [0.15, 0.2) is 6.29 Å². The molecule has 24 heteroatoms. The number of ether oxygens (including phenoxy) is 8. The van der Waals surface area contributed by atoms with Crippen molar-refractivity contribution in [3.05, 3.63) is 12.2 Å². The van der Waals surface area contributed by atoms with Gasteiger partial charge < -0.3 is 120 Å². The molecular weight excluding hydrogens is 1070 g/mol. The molecule has 27 unspecified atom stereocenters. The van der Waals surface area contributed by atoms with Crippen LogP contribution in [0.5, 0.6) is 0 Å². The van der Waals surface area contributed by atoms with Gasteiger partial charge >= 0.3 is 0 Å². The number of hydrogen-bond donors (Lipinski definition) is 16. The average molecular weight is 1160 g/mol. The number of fused-ring (bicyclic) bond motifs is 2. The summed E-state index contributed by atoms with van der Waals surface area (Å²) in [6.45, 7) is -0.694. The van der Waals surface area contributed by atoms with Crippen LogP contribution in [-0.2, 0) is 37.9 Å². The van der Waals surface area contributed by atoms with Crippen LogP contribution in [0.2, 0.25) is 0 Å². The Bertz CT molecular complexity index is 2080. The van der Waals surface area contributed by atoms with E-state index in [9.17, 15) is 81.7 Å². The molecule has 24 nitrogen and oxygen atoms in total. The van der Waals surface area contributed by atoms with Crippen molar-refractivity contribution < 1.29 is 120 Å². The molecule has 464 valence electrons. The van der Waals surface area contributed by atoms with Crippen LogP contribution in [-0.4, -0.2) is 274 Å². The predicted molar refractivity (Wildman–Crippen MR) is 276 cm³/mol. The molecular formula is C57H92O24. The first-order valence-corrected chi connectivity index (χ1v) is 30.2. The highest BCUT2D eigenvalue weighted by Crippen LogP contribution is 2.56. The zero-order valence-electron chi connectivity index (χ0n) is 46.1. The molecule has 81 heavy (non-hydrogen) atoms. The number of rotatable bonds is 11. The van der Waals surface area contributed by atoms with Crippen molar-refractivity contribution in [1.29, 1.82) is 0 Å². The third kappa shape index (κ3) is 11.6. The second kappa shape index (κ2) is 25.1. The molecule has 0 aromatic heterocycles. The zero-order chi connectivity index (χ0) is 57.6. The van der Waals surface area contributed by atoms with Crippen LogP contribution in [0, 0.1) is 59.2 Å². The van der Waals surface area contributed by atoms with E-state index >= 15 is 0 Å². The minimum Gasteiger partial charge on any atom is -0.394 e. The Morgan fingerprint density at radius 3 is 1.60 bits per heavy atom. The van der Waals surface area contributed by atoms with E-state index in [2.05, 4.69) is 0 Å². The molecule has 11 aliphatic rings. The lowest BCUT2D eigenvalue weighted by Gasteiger charge is -2.60. The lowest BCUT2D eigenvalue weighted by atomic mass is 9.56. The molecule has 0 bridgehead atoms. The maximum atomic E-state index is 12.9. The SMILES string of the molecule is COC1CC(C2OC3CC(O)CC4OC(C=CC5C(O)CC(O)C6C5O[C@@H](C5CCC(O)C(O)C5)[C@H](O)C6C5C(O)CC(O)C6C[C@H](O)[C@@H](C7CCC(O)C(O)C7)OC65)CC(C2O[C@H]2O[C@H](CO)[C@@H](O)[C@H](O)[C@H]2O)C43)CC(OC)C1O. The lowest BCUT2D eigenvalue weighted by molar-refractivity contribution is -0.351. The maximum absolute atomic E-state index is 12.9. The third-order valence-corrected chi connectivity index (χ3v) is 22.0. The minimum atomic E-state index is -1.75. The molecule has 36 atom stereocenters. The van der Waals surface area contributed by atoms with Crippen LogP contribution in [0.15, 0.2) is 12.2 Å². The van der Waals surface area contributed by atoms with Gasteiger partial charge in [0.05, 0.1) is 141 Å². The third-order valence-electron chi connectivity index (χ3n) is 22.0. The highest BCUT2D eigenvalue weighted by atomic mass is 16.7. The monoisotopic (exact) mass is 1160 g/mol. The summed E-state index contributed by atoms with van der Waals surface area (Å²) in [4.78, 5) is 0. The highest BCUT2D eigenvalue weighted by Gasteiger charge is 2.64. The Morgan fingerprint density at radius 1 is 0.395 bits per heavy atom. The van der Waals surface area contributed by atoms with Crippen LogP contribution >= 0.6 is 0 Å². The fourth-order valence-corrected chi connectivity index (χ4v) is 17.9. The zero-order valence-corrected chi connectivity index (χ0v) is 46.1. The highest BCUT2D eigenvalue weighted by molar-refractivity contribution is 5.16. The van der Waals surface area contributed by atoms with E-state index in [0.29, 0.717) is 25.7 Å². The van der Waals surface area contributed by atoms with Crippen LogP contribution in [0.25, 0.3) is 0 Å². The van der Waals surface area contributed by atoms with Crippen LogP contribution in [0.3, 0.4) is 0 Å². The maximum Gasteiger partial charge on any atom is 0.187 e. The molecule has 0 amide bonds. The molecule has 0 spiro atoms. The van der Waals surface area contributed by atoms with E-state index in [4.69, 9.17) is 37.9 Å². The summed E-state index contributed by atoms with van der Waals surface area (Å²) in [7, 11) is 2.98. The predicted octanol–water partition coefficient (Wildman–Crippen LogP) is -4.14. The fourth-order valence-electron chi connectivity index (χ4n) is 17.9. The molecule has 11 rings (SSSR count). The molecule has 11 fully saturated rings. The van der Waals surface area contributed by atoms with E-state index in [1.54, 1.807) is 12.2 Å². The summed E-state index contributed by atoms with van der Waals surface area (Å²) < 4.78 is 52.0. The Balaban J connectivity index is 0.930. The first-order valence-electron chi connectivity index (χ1n) is 30.2. The Kier molecular flexibility index (Phi) is 19.0. The van der Waals surface area contributed by atoms with Gasteiger partial charge in [-0.1, -0.05) is 12.2 Å². The Hall–Kier alpha value is -1.22. The summed E-state index contributed by atoms with van der Waals surface area (Å²) in [6.07, 6.45) is -24.1. The molecule has 6 saturated carbocycles. The van der Waals surface area contributed by atoms with Crippen LogP contribution in [0.4, 0.5) is 0 Å². The van der Waals surface area contributed by atoms with Crippen molar-refractivity contribution in [2.24, 2.45) is 59.2 Å². The van der Waals surface area contributed by atoms with Gasteiger partial charge in [-0.05, 0) is 107 Å². The van der Waals surface area contributed by atoms with E-state index in [0.717, 1.165) is 0 Å². The number of aliphatic hydroxyl groups is 16. The topological polar surface area (TPSA) is 398 Å². The standard InChI is InChI=1S/C57H92O24/c1-74-39-11-22(12-40(75-2)46(39)69)53-56(81-57-50(73)49(72)47(70)41(19-58)78-57)27-15-24(76-37-13-23(59)14-38(77-53)42(27)37)5-6-25-30(62)17-34(66)43-45(48(71)52(80-54(25)43)21-4-8-29(61)33(65)10-21)44-35(67)18-31(63)26-16-36(68)51(79-55(26)44)20-3-7-28(60)32(64)9-20/h5-6,20-73H,3-4,7-19H2,1-2H3/t20?,21?,22?,23?,24?,25?,26?,27?,28?,29?,30?,31?,32?,33?,34?,35?,36-,37?,38?,39?,40?,41+,42?,43?,44?,45?,46?,47+,48+,49-,50+,51+,52-,53?,54?,55?,56?,57+/m0/s1. The summed E-state index contributed by atoms with van der Waals surface area (Å²) in [5, 5.41) is 182. The van der Waals surface area contributed by atoms with Gasteiger partial charge in [0, 0.05) is 56.1 Å². The number of hydrogen-bond acceptors (Lipinski definition) is 24. The van der Waals surface area contributed by atoms with Gasteiger partial charge in [0.1, 0.15) is 30.5 Å². The van der Waals surface area contributed by atoms with Gasteiger partial charge in [0.2, 0.25) is 0 Å². The largest absolute Gasteiger partial charge is 0.394 e. The van der Waals surface area contributed by atoms with E-state index < -0.39 is 225 Å². The Morgan fingerprint density at radius 2 is 0.988 bits per heavy atom. The summed E-state index contributed by atoms with van der Waals surface area (Å²) in [5.41, 5.74) is 0. The van der Waals surface area contributed by atoms with Crippen molar-refractivity contribution in [2.75, 3.05) is 20.8 Å². The van der Waals surface area contributed by atoms with E-state index in [-0.39, 0.29) is 76.0 Å².